The van der Waals surface area contributed by atoms with Crippen LogP contribution in [0.3, 0.4) is 0 Å². The first-order valence-electron chi connectivity index (χ1n) is 10.2. The molecular weight excluding hydrogens is 417 g/mol. The van der Waals surface area contributed by atoms with E-state index in [1.165, 1.54) is 24.9 Å². The van der Waals surface area contributed by atoms with E-state index in [9.17, 15) is 0 Å². The zero-order valence-corrected chi connectivity index (χ0v) is 19.5. The smallest absolute Gasteiger partial charge is 0.0773 e. The Balaban J connectivity index is 1.57. The van der Waals surface area contributed by atoms with Gasteiger partial charge in [0.15, 0.2) is 0 Å². The second-order valence-corrected chi connectivity index (χ2v) is 14.9. The lowest BCUT2D eigenvalue weighted by atomic mass is 10.1. The molecule has 6 heteroatoms. The molecule has 1 aliphatic rings. The van der Waals surface area contributed by atoms with Crippen LogP contribution in [0, 0.1) is 0 Å². The van der Waals surface area contributed by atoms with Gasteiger partial charge in [-0.1, -0.05) is 60.5 Å². The van der Waals surface area contributed by atoms with Crippen molar-refractivity contribution in [2.24, 2.45) is 0 Å². The average Bonchev–Trinajstić information content (AvgIpc) is 3.12. The zero-order valence-electron chi connectivity index (χ0n) is 17.0. The predicted octanol–water partition coefficient (Wildman–Crippen LogP) is 6.81. The molecule has 2 aromatic carbocycles. The standard InChI is InChI=1S/C23H27Cl2N3Si/c1-29(2)13-11-20(12-14-29)26-16-21-15-23(17-3-5-18(24)6-4-17)28(27-21)22-9-7-19(25)8-10-22/h3-10,15,20,26H,11-14,16H2,1-2H3. The van der Waals surface area contributed by atoms with E-state index in [4.69, 9.17) is 28.3 Å². The molecule has 1 saturated heterocycles. The number of nitrogens with one attached hydrogen (secondary N) is 1. The van der Waals surface area contributed by atoms with Gasteiger partial charge in [0.2, 0.25) is 0 Å². The SMILES string of the molecule is C[Si]1(C)CCC(NCc2cc(-c3ccc(Cl)cc3)n(-c3ccc(Cl)cc3)n2)CC1. The second kappa shape index (κ2) is 8.64. The Morgan fingerprint density at radius 1 is 0.966 bits per heavy atom. The summed E-state index contributed by atoms with van der Waals surface area (Å²) in [5.74, 6) is 0. The van der Waals surface area contributed by atoms with E-state index in [0.29, 0.717) is 6.04 Å². The highest BCUT2D eigenvalue weighted by atomic mass is 35.5. The van der Waals surface area contributed by atoms with Crippen molar-refractivity contribution >= 4 is 31.3 Å². The molecule has 152 valence electrons. The molecular formula is C23H27Cl2N3Si. The Hall–Kier alpha value is -1.59. The van der Waals surface area contributed by atoms with E-state index in [0.717, 1.165) is 39.2 Å². The van der Waals surface area contributed by atoms with Crippen molar-refractivity contribution in [3.8, 4) is 16.9 Å². The maximum Gasteiger partial charge on any atom is 0.0773 e. The topological polar surface area (TPSA) is 29.9 Å². The van der Waals surface area contributed by atoms with Gasteiger partial charge in [0.05, 0.1) is 17.1 Å². The van der Waals surface area contributed by atoms with Gasteiger partial charge in [0.25, 0.3) is 0 Å². The molecule has 0 aliphatic carbocycles. The Kier molecular flexibility index (Phi) is 6.16. The average molecular weight is 444 g/mol. The molecule has 3 aromatic rings. The van der Waals surface area contributed by atoms with E-state index in [1.54, 1.807) is 0 Å². The Morgan fingerprint density at radius 3 is 2.17 bits per heavy atom. The summed E-state index contributed by atoms with van der Waals surface area (Å²) in [6.07, 6.45) is 2.59. The quantitative estimate of drug-likeness (QED) is 0.438. The molecule has 4 rings (SSSR count). The van der Waals surface area contributed by atoms with Crippen molar-refractivity contribution < 1.29 is 0 Å². The van der Waals surface area contributed by atoms with Gasteiger partial charge in [-0.3, -0.25) is 0 Å². The van der Waals surface area contributed by atoms with E-state index >= 15 is 0 Å². The van der Waals surface area contributed by atoms with Crippen molar-refractivity contribution in [3.05, 3.63) is 70.3 Å². The van der Waals surface area contributed by atoms with Gasteiger partial charge in [0.1, 0.15) is 0 Å². The van der Waals surface area contributed by atoms with Crippen LogP contribution in [0.25, 0.3) is 16.9 Å². The third kappa shape index (κ3) is 5.12. The van der Waals surface area contributed by atoms with Crippen molar-refractivity contribution in [1.82, 2.24) is 15.1 Å². The van der Waals surface area contributed by atoms with Crippen LogP contribution in [0.1, 0.15) is 18.5 Å². The monoisotopic (exact) mass is 443 g/mol. The van der Waals surface area contributed by atoms with Gasteiger partial charge >= 0.3 is 0 Å². The van der Waals surface area contributed by atoms with Crippen molar-refractivity contribution in [3.63, 3.8) is 0 Å². The molecule has 29 heavy (non-hydrogen) atoms. The van der Waals surface area contributed by atoms with E-state index in [2.05, 4.69) is 24.5 Å². The minimum atomic E-state index is -0.924. The normalized spacial score (nSPS) is 16.8. The Morgan fingerprint density at radius 2 is 1.55 bits per heavy atom. The van der Waals surface area contributed by atoms with Crippen LogP contribution in [0.4, 0.5) is 0 Å². The number of nitrogens with zero attached hydrogens (tertiary/aromatic N) is 2. The molecule has 0 atom stereocenters. The minimum absolute atomic E-state index is 0.607. The summed E-state index contributed by atoms with van der Waals surface area (Å²) >= 11 is 12.2. The largest absolute Gasteiger partial charge is 0.308 e. The number of aromatic nitrogens is 2. The maximum atomic E-state index is 6.09. The number of hydrogen-bond acceptors (Lipinski definition) is 2. The lowest BCUT2D eigenvalue weighted by molar-refractivity contribution is 0.461. The molecule has 3 nitrogen and oxygen atoms in total. The summed E-state index contributed by atoms with van der Waals surface area (Å²) < 4.78 is 1.99. The molecule has 1 aromatic heterocycles. The molecule has 0 radical (unpaired) electrons. The van der Waals surface area contributed by atoms with Crippen molar-refractivity contribution in [2.45, 2.75) is 50.6 Å². The highest BCUT2D eigenvalue weighted by molar-refractivity contribution is 6.77. The molecule has 0 amide bonds. The molecule has 1 fully saturated rings. The van der Waals surface area contributed by atoms with Gasteiger partial charge < -0.3 is 5.32 Å². The van der Waals surface area contributed by atoms with Crippen LogP contribution in [0.2, 0.25) is 35.2 Å². The zero-order chi connectivity index (χ0) is 20.4. The minimum Gasteiger partial charge on any atom is -0.308 e. The molecule has 0 saturated carbocycles. The van der Waals surface area contributed by atoms with Gasteiger partial charge in [-0.15, -0.1) is 0 Å². The van der Waals surface area contributed by atoms with Gasteiger partial charge in [-0.2, -0.15) is 5.10 Å². The summed E-state index contributed by atoms with van der Waals surface area (Å²) in [7, 11) is -0.924. The second-order valence-electron chi connectivity index (χ2n) is 8.74. The van der Waals surface area contributed by atoms with Crippen molar-refractivity contribution in [1.29, 1.82) is 0 Å². The first-order chi connectivity index (χ1) is 13.9. The molecule has 2 heterocycles. The Bertz CT molecular complexity index is 892. The van der Waals surface area contributed by atoms with E-state index < -0.39 is 8.07 Å². The fourth-order valence-corrected chi connectivity index (χ4v) is 6.74. The van der Waals surface area contributed by atoms with Crippen molar-refractivity contribution in [2.75, 3.05) is 0 Å². The van der Waals surface area contributed by atoms with Crippen LogP contribution < -0.4 is 5.32 Å². The summed E-state index contributed by atoms with van der Waals surface area (Å²) in [6.45, 7) is 5.80. The summed E-state index contributed by atoms with van der Waals surface area (Å²) in [5, 5.41) is 10.1. The lowest BCUT2D eigenvalue weighted by Gasteiger charge is -2.33. The molecule has 1 N–H and O–H groups in total. The number of rotatable bonds is 5. The van der Waals surface area contributed by atoms with Gasteiger partial charge in [-0.25, -0.2) is 4.68 Å². The van der Waals surface area contributed by atoms with E-state index in [1.807, 2.05) is 53.2 Å². The number of benzene rings is 2. The fraction of sp³-hybridized carbons (Fsp3) is 0.348. The summed E-state index contributed by atoms with van der Waals surface area (Å²) in [4.78, 5) is 0. The van der Waals surface area contributed by atoms with Gasteiger partial charge in [-0.05, 0) is 55.3 Å². The van der Waals surface area contributed by atoms with Crippen LogP contribution in [-0.2, 0) is 6.54 Å². The van der Waals surface area contributed by atoms with Crippen LogP contribution >= 0.6 is 23.2 Å². The van der Waals surface area contributed by atoms with Gasteiger partial charge in [0, 0.05) is 36.3 Å². The maximum absolute atomic E-state index is 6.09. The van der Waals surface area contributed by atoms with E-state index in [-0.39, 0.29) is 0 Å². The summed E-state index contributed by atoms with van der Waals surface area (Å²) in [5.41, 5.74) is 4.19. The molecule has 1 aliphatic heterocycles. The highest BCUT2D eigenvalue weighted by Crippen LogP contribution is 2.29. The Labute approximate surface area is 184 Å². The lowest BCUT2D eigenvalue weighted by Crippen LogP contribution is -2.39. The first kappa shape index (κ1) is 20.7. The predicted molar refractivity (Wildman–Crippen MR) is 126 cm³/mol. The van der Waals surface area contributed by atoms with Crippen LogP contribution in [0.5, 0.6) is 0 Å². The highest BCUT2D eigenvalue weighted by Gasteiger charge is 2.28. The first-order valence-corrected chi connectivity index (χ1v) is 14.4. The van der Waals surface area contributed by atoms with Crippen LogP contribution in [-0.4, -0.2) is 23.9 Å². The van der Waals surface area contributed by atoms with Crippen LogP contribution in [0.15, 0.2) is 54.6 Å². The third-order valence-electron chi connectivity index (χ3n) is 5.88. The number of hydrogen-bond donors (Lipinski definition) is 1. The summed E-state index contributed by atoms with van der Waals surface area (Å²) in [6, 6.07) is 21.3. The third-order valence-corrected chi connectivity index (χ3v) is 9.67. The molecule has 0 unspecified atom stereocenters. The number of halogens is 2. The molecule has 0 bridgehead atoms. The fourth-order valence-electron chi connectivity index (χ4n) is 3.97. The molecule has 0 spiro atoms.